The molecule has 3 nitrogen and oxygen atoms in total. The van der Waals surface area contributed by atoms with Crippen LogP contribution in [0.2, 0.25) is 0 Å². The fraction of sp³-hybridized carbons (Fsp3) is 0.0667. The molecule has 0 radical (unpaired) electrons. The van der Waals surface area contributed by atoms with Crippen molar-refractivity contribution in [1.82, 2.24) is 0 Å². The van der Waals surface area contributed by atoms with E-state index < -0.39 is 5.82 Å². The van der Waals surface area contributed by atoms with Crippen molar-refractivity contribution in [2.24, 2.45) is 0 Å². The molecule has 106 valence electrons. The monoisotopic (exact) mass is 410 g/mol. The molecule has 0 atom stereocenters. The third kappa shape index (κ3) is 3.69. The average Bonchev–Trinajstić information content (AvgIpc) is 2.42. The van der Waals surface area contributed by atoms with Crippen molar-refractivity contribution < 1.29 is 9.18 Å². The summed E-state index contributed by atoms with van der Waals surface area (Å²) in [5.74, 6) is -0.908. The summed E-state index contributed by atoms with van der Waals surface area (Å²) in [7, 11) is 0. The van der Waals surface area contributed by atoms with Crippen LogP contribution in [0.1, 0.15) is 21.5 Å². The number of amides is 1. The Bertz CT molecular complexity index is 749. The molecule has 2 rings (SSSR count). The molecule has 21 heavy (non-hydrogen) atoms. The molecule has 0 aliphatic rings. The van der Waals surface area contributed by atoms with E-state index in [0.717, 1.165) is 15.0 Å². The first kappa shape index (κ1) is 15.7. The van der Waals surface area contributed by atoms with Crippen molar-refractivity contribution in [3.05, 3.63) is 61.8 Å². The second-order valence-electron chi connectivity index (χ2n) is 4.35. The van der Waals surface area contributed by atoms with Crippen LogP contribution >= 0.6 is 31.9 Å². The molecular weight excluding hydrogens is 403 g/mol. The smallest absolute Gasteiger partial charge is 0.255 e. The first-order chi connectivity index (χ1) is 9.90. The number of halogens is 3. The third-order valence-electron chi connectivity index (χ3n) is 2.85. The lowest BCUT2D eigenvalue weighted by atomic mass is 10.1. The van der Waals surface area contributed by atoms with Gasteiger partial charge in [-0.1, -0.05) is 31.9 Å². The van der Waals surface area contributed by atoms with Crippen molar-refractivity contribution >= 4 is 43.5 Å². The maximum absolute atomic E-state index is 13.7. The zero-order chi connectivity index (χ0) is 15.6. The highest BCUT2D eigenvalue weighted by atomic mass is 79.9. The second kappa shape index (κ2) is 6.37. The van der Waals surface area contributed by atoms with Crippen LogP contribution < -0.4 is 5.32 Å². The van der Waals surface area contributed by atoms with Gasteiger partial charge in [0.1, 0.15) is 5.82 Å². The average molecular weight is 412 g/mol. The lowest BCUT2D eigenvalue weighted by Crippen LogP contribution is -2.13. The second-order valence-corrected chi connectivity index (χ2v) is 6.19. The first-order valence-electron chi connectivity index (χ1n) is 5.88. The van der Waals surface area contributed by atoms with Gasteiger partial charge in [-0.2, -0.15) is 5.26 Å². The normalized spacial score (nSPS) is 10.0. The molecule has 2 aromatic carbocycles. The molecule has 0 saturated carbocycles. The zero-order valence-corrected chi connectivity index (χ0v) is 14.0. The molecule has 1 amide bonds. The summed E-state index contributed by atoms with van der Waals surface area (Å²) in [6, 6.07) is 9.56. The fourth-order valence-electron chi connectivity index (χ4n) is 1.75. The van der Waals surface area contributed by atoms with Gasteiger partial charge in [0.05, 0.1) is 11.6 Å². The number of benzene rings is 2. The van der Waals surface area contributed by atoms with Gasteiger partial charge >= 0.3 is 0 Å². The Kier molecular flexibility index (Phi) is 4.76. The SMILES string of the molecule is Cc1c(F)cc(C#N)cc1NC(=O)c1cc(Br)cc(Br)c1. The summed E-state index contributed by atoms with van der Waals surface area (Å²) in [6.45, 7) is 1.54. The highest BCUT2D eigenvalue weighted by molar-refractivity contribution is 9.11. The minimum absolute atomic E-state index is 0.156. The minimum Gasteiger partial charge on any atom is -0.322 e. The van der Waals surface area contributed by atoms with Gasteiger partial charge in [0.25, 0.3) is 5.91 Å². The summed E-state index contributed by atoms with van der Waals surface area (Å²) in [6.07, 6.45) is 0. The maximum atomic E-state index is 13.7. The molecule has 0 unspecified atom stereocenters. The maximum Gasteiger partial charge on any atom is 0.255 e. The number of nitriles is 1. The molecule has 6 heteroatoms. The van der Waals surface area contributed by atoms with E-state index in [-0.39, 0.29) is 22.7 Å². The molecular formula is C15H9Br2FN2O. The largest absolute Gasteiger partial charge is 0.322 e. The Morgan fingerprint density at radius 1 is 1.19 bits per heavy atom. The Balaban J connectivity index is 2.36. The molecule has 0 spiro atoms. The van der Waals surface area contributed by atoms with Crippen LogP contribution in [-0.2, 0) is 0 Å². The van der Waals surface area contributed by atoms with E-state index >= 15 is 0 Å². The predicted octanol–water partition coefficient (Wildman–Crippen LogP) is 4.78. The number of rotatable bonds is 2. The molecule has 2 aromatic rings. The van der Waals surface area contributed by atoms with E-state index in [9.17, 15) is 9.18 Å². The van der Waals surface area contributed by atoms with Crippen molar-refractivity contribution in [3.63, 3.8) is 0 Å². The summed E-state index contributed by atoms with van der Waals surface area (Å²) < 4.78 is 15.2. The van der Waals surface area contributed by atoms with Crippen LogP contribution in [0.3, 0.4) is 0 Å². The van der Waals surface area contributed by atoms with Crippen LogP contribution in [0.25, 0.3) is 0 Å². The highest BCUT2D eigenvalue weighted by Crippen LogP contribution is 2.23. The lowest BCUT2D eigenvalue weighted by Gasteiger charge is -2.10. The fourth-order valence-corrected chi connectivity index (χ4v) is 3.05. The van der Waals surface area contributed by atoms with E-state index in [1.54, 1.807) is 25.1 Å². The van der Waals surface area contributed by atoms with Gasteiger partial charge in [-0.15, -0.1) is 0 Å². The predicted molar refractivity (Wildman–Crippen MR) is 85.6 cm³/mol. The number of carbonyl (C=O) groups excluding carboxylic acids is 1. The summed E-state index contributed by atoms with van der Waals surface area (Å²) in [5.41, 5.74) is 1.14. The molecule has 1 N–H and O–H groups in total. The Morgan fingerprint density at radius 3 is 2.38 bits per heavy atom. The van der Waals surface area contributed by atoms with Gasteiger partial charge in [-0.3, -0.25) is 4.79 Å². The van der Waals surface area contributed by atoms with Crippen LogP contribution in [0.4, 0.5) is 10.1 Å². The van der Waals surface area contributed by atoms with Crippen molar-refractivity contribution in [2.75, 3.05) is 5.32 Å². The number of carbonyl (C=O) groups is 1. The van der Waals surface area contributed by atoms with Gasteiger partial charge < -0.3 is 5.32 Å². The Morgan fingerprint density at radius 2 is 1.81 bits per heavy atom. The van der Waals surface area contributed by atoms with E-state index in [0.29, 0.717) is 5.56 Å². The van der Waals surface area contributed by atoms with Crippen LogP contribution in [0, 0.1) is 24.1 Å². The number of nitrogens with one attached hydrogen (secondary N) is 1. The summed E-state index contributed by atoms with van der Waals surface area (Å²) in [4.78, 5) is 12.2. The topological polar surface area (TPSA) is 52.9 Å². The zero-order valence-electron chi connectivity index (χ0n) is 10.9. The summed E-state index contributed by atoms with van der Waals surface area (Å²) in [5, 5.41) is 11.5. The highest BCUT2D eigenvalue weighted by Gasteiger charge is 2.12. The van der Waals surface area contributed by atoms with Gasteiger partial charge in [0.15, 0.2) is 0 Å². The molecule has 0 aliphatic heterocycles. The number of nitrogens with zero attached hydrogens (tertiary/aromatic N) is 1. The molecule has 0 fully saturated rings. The molecule has 0 aromatic heterocycles. The number of hydrogen-bond acceptors (Lipinski definition) is 2. The number of hydrogen-bond donors (Lipinski definition) is 1. The van der Waals surface area contributed by atoms with Gasteiger partial charge in [0, 0.05) is 25.8 Å². The van der Waals surface area contributed by atoms with Crippen molar-refractivity contribution in [2.45, 2.75) is 6.92 Å². The molecule has 0 bridgehead atoms. The molecule has 0 aliphatic carbocycles. The summed E-state index contributed by atoms with van der Waals surface area (Å²) >= 11 is 6.61. The van der Waals surface area contributed by atoms with Gasteiger partial charge in [0.2, 0.25) is 0 Å². The van der Waals surface area contributed by atoms with Gasteiger partial charge in [-0.05, 0) is 37.3 Å². The van der Waals surface area contributed by atoms with E-state index in [1.165, 1.54) is 6.07 Å². The van der Waals surface area contributed by atoms with E-state index in [2.05, 4.69) is 37.2 Å². The van der Waals surface area contributed by atoms with E-state index in [4.69, 9.17) is 5.26 Å². The standard InChI is InChI=1S/C15H9Br2FN2O/c1-8-13(18)2-9(7-19)3-14(8)20-15(21)10-4-11(16)6-12(17)5-10/h2-6H,1H3,(H,20,21). The quantitative estimate of drug-likeness (QED) is 0.772. The lowest BCUT2D eigenvalue weighted by molar-refractivity contribution is 0.102. The van der Waals surface area contributed by atoms with Crippen LogP contribution in [0.5, 0.6) is 0 Å². The third-order valence-corrected chi connectivity index (χ3v) is 3.76. The Hall–Kier alpha value is -1.71. The molecule has 0 heterocycles. The van der Waals surface area contributed by atoms with Crippen molar-refractivity contribution in [1.29, 1.82) is 5.26 Å². The van der Waals surface area contributed by atoms with Crippen LogP contribution in [0.15, 0.2) is 39.3 Å². The minimum atomic E-state index is -0.528. The van der Waals surface area contributed by atoms with E-state index in [1.807, 2.05) is 6.07 Å². The Labute approximate surface area is 138 Å². The van der Waals surface area contributed by atoms with Gasteiger partial charge in [-0.25, -0.2) is 4.39 Å². The molecule has 0 saturated heterocycles. The first-order valence-corrected chi connectivity index (χ1v) is 7.47. The van der Waals surface area contributed by atoms with Crippen molar-refractivity contribution in [3.8, 4) is 6.07 Å². The van der Waals surface area contributed by atoms with Crippen LogP contribution in [-0.4, -0.2) is 5.91 Å². The number of anilines is 1.